The molecule has 0 bridgehead atoms. The van der Waals surface area contributed by atoms with Crippen molar-refractivity contribution < 1.29 is 13.5 Å². The number of nitrogens with zero attached hydrogens (tertiary/aromatic N) is 4. The average Bonchev–Trinajstić information content (AvgIpc) is 2.91. The lowest BCUT2D eigenvalue weighted by Crippen LogP contribution is -2.16. The topological polar surface area (TPSA) is 69.9 Å². The number of rotatable bonds is 7. The minimum atomic E-state index is -0.985. The highest BCUT2D eigenvalue weighted by atomic mass is 19.2. The minimum Gasteiger partial charge on any atom is -0.486 e. The third-order valence-corrected chi connectivity index (χ3v) is 5.71. The van der Waals surface area contributed by atoms with Gasteiger partial charge in [-0.25, -0.2) is 23.4 Å². The van der Waals surface area contributed by atoms with E-state index in [0.717, 1.165) is 41.7 Å². The number of ether oxygens (including phenoxy) is 1. The quantitative estimate of drug-likeness (QED) is 0.360. The summed E-state index contributed by atoms with van der Waals surface area (Å²) in [6.07, 6.45) is 13.4. The molecule has 36 heavy (non-hydrogen) atoms. The van der Waals surface area contributed by atoms with E-state index in [9.17, 15) is 13.6 Å². The zero-order valence-electron chi connectivity index (χ0n) is 19.3. The molecule has 0 radical (unpaired) electrons. The van der Waals surface area contributed by atoms with Gasteiger partial charge in [-0.3, -0.25) is 4.79 Å². The van der Waals surface area contributed by atoms with E-state index in [1.807, 2.05) is 24.3 Å². The van der Waals surface area contributed by atoms with Crippen LogP contribution in [0.1, 0.15) is 24.1 Å². The number of aromatic nitrogens is 4. The summed E-state index contributed by atoms with van der Waals surface area (Å²) in [5, 5.41) is 4.34. The van der Waals surface area contributed by atoms with E-state index in [1.54, 1.807) is 12.4 Å². The van der Waals surface area contributed by atoms with Gasteiger partial charge in [0.2, 0.25) is 5.43 Å². The molecule has 0 aliphatic heterocycles. The Morgan fingerprint density at radius 2 is 1.83 bits per heavy atom. The van der Waals surface area contributed by atoms with Crippen LogP contribution in [0.3, 0.4) is 0 Å². The van der Waals surface area contributed by atoms with Crippen molar-refractivity contribution in [2.75, 3.05) is 6.61 Å². The van der Waals surface area contributed by atoms with Crippen molar-refractivity contribution in [3.63, 3.8) is 0 Å². The third-order valence-electron chi connectivity index (χ3n) is 5.71. The minimum absolute atomic E-state index is 0.250. The van der Waals surface area contributed by atoms with E-state index in [0.29, 0.717) is 23.9 Å². The lowest BCUT2D eigenvalue weighted by molar-refractivity contribution is 0.351. The Bertz CT molecular complexity index is 1510. The van der Waals surface area contributed by atoms with Gasteiger partial charge in [0.15, 0.2) is 23.2 Å². The molecule has 0 unspecified atom stereocenters. The van der Waals surface area contributed by atoms with Gasteiger partial charge in [-0.05, 0) is 42.2 Å². The third kappa shape index (κ3) is 5.43. The van der Waals surface area contributed by atoms with Gasteiger partial charge >= 0.3 is 0 Å². The van der Waals surface area contributed by atoms with Crippen LogP contribution in [0.4, 0.5) is 8.78 Å². The van der Waals surface area contributed by atoms with E-state index >= 15 is 0 Å². The average molecular weight is 485 g/mol. The molecule has 2 aromatic carbocycles. The van der Waals surface area contributed by atoms with Gasteiger partial charge in [0, 0.05) is 30.3 Å². The summed E-state index contributed by atoms with van der Waals surface area (Å²) in [6.45, 7) is 0.473. The Morgan fingerprint density at radius 3 is 2.61 bits per heavy atom. The SMILES string of the molecule is O=c1ccn(-c2ccc(F)c(F)c2)nc1Cc1cccc(-c2ncc(OCC3=CCCC=C3)cn2)c1. The van der Waals surface area contributed by atoms with Crippen LogP contribution < -0.4 is 10.2 Å². The fourth-order valence-electron chi connectivity index (χ4n) is 3.84. The Hall–Kier alpha value is -4.46. The van der Waals surface area contributed by atoms with Crippen LogP contribution in [0.5, 0.6) is 5.75 Å². The molecule has 8 heteroatoms. The van der Waals surface area contributed by atoms with E-state index in [1.165, 1.54) is 23.0 Å². The van der Waals surface area contributed by atoms with Crippen LogP contribution in [-0.2, 0) is 6.42 Å². The van der Waals surface area contributed by atoms with Crippen LogP contribution in [0.2, 0.25) is 0 Å². The summed E-state index contributed by atoms with van der Waals surface area (Å²) in [5.41, 5.74) is 3.09. The molecule has 1 aliphatic rings. The van der Waals surface area contributed by atoms with Crippen molar-refractivity contribution in [1.29, 1.82) is 0 Å². The van der Waals surface area contributed by atoms with Crippen molar-refractivity contribution in [1.82, 2.24) is 19.7 Å². The van der Waals surface area contributed by atoms with E-state index < -0.39 is 11.6 Å². The second-order valence-corrected chi connectivity index (χ2v) is 8.34. The predicted octanol–water partition coefficient (Wildman–Crippen LogP) is 5.21. The highest BCUT2D eigenvalue weighted by molar-refractivity contribution is 5.56. The summed E-state index contributed by atoms with van der Waals surface area (Å²) in [5.74, 6) is -0.818. The van der Waals surface area contributed by atoms with Gasteiger partial charge in [-0.15, -0.1) is 0 Å². The molecule has 0 N–H and O–H groups in total. The molecular formula is C28H22F2N4O2. The van der Waals surface area contributed by atoms with E-state index in [4.69, 9.17) is 4.74 Å². The van der Waals surface area contributed by atoms with Gasteiger partial charge in [-0.2, -0.15) is 5.10 Å². The summed E-state index contributed by atoms with van der Waals surface area (Å²) < 4.78 is 34.1. The molecule has 6 nitrogen and oxygen atoms in total. The second-order valence-electron chi connectivity index (χ2n) is 8.34. The van der Waals surface area contributed by atoms with Crippen LogP contribution in [0.25, 0.3) is 17.1 Å². The first kappa shape index (κ1) is 23.3. The normalized spacial score (nSPS) is 12.9. The maximum atomic E-state index is 13.6. The number of allylic oxidation sites excluding steroid dienone is 2. The van der Waals surface area contributed by atoms with Gasteiger partial charge < -0.3 is 4.74 Å². The molecular weight excluding hydrogens is 462 g/mol. The molecule has 180 valence electrons. The van der Waals surface area contributed by atoms with Crippen molar-refractivity contribution in [3.05, 3.63) is 124 Å². The number of benzene rings is 2. The molecule has 0 fully saturated rings. The summed E-state index contributed by atoms with van der Waals surface area (Å²) in [4.78, 5) is 21.3. The lowest BCUT2D eigenvalue weighted by atomic mass is 10.1. The van der Waals surface area contributed by atoms with Crippen molar-refractivity contribution >= 4 is 0 Å². The molecule has 0 spiro atoms. The maximum absolute atomic E-state index is 13.6. The summed E-state index contributed by atoms with van der Waals surface area (Å²) in [6, 6.07) is 12.3. The standard InChI is InChI=1S/C28H22F2N4O2/c29-24-10-9-22(15-25(24)30)34-12-11-27(35)26(33-34)14-20-7-4-8-21(13-20)28-31-16-23(17-32-28)36-18-19-5-2-1-3-6-19/h2,4-13,15-17H,1,3,14,18H2. The Balaban J connectivity index is 1.32. The first-order valence-electron chi connectivity index (χ1n) is 11.5. The number of hydrogen-bond acceptors (Lipinski definition) is 5. The number of halogens is 2. The zero-order valence-corrected chi connectivity index (χ0v) is 19.3. The molecule has 0 atom stereocenters. The van der Waals surface area contributed by atoms with Crippen molar-refractivity contribution in [2.24, 2.45) is 0 Å². The van der Waals surface area contributed by atoms with Crippen LogP contribution in [0.15, 0.2) is 95.7 Å². The van der Waals surface area contributed by atoms with Crippen LogP contribution in [0, 0.1) is 11.6 Å². The van der Waals surface area contributed by atoms with Gasteiger partial charge in [0.05, 0.1) is 18.1 Å². The second kappa shape index (κ2) is 10.4. The molecule has 0 amide bonds. The first-order chi connectivity index (χ1) is 17.5. The van der Waals surface area contributed by atoms with Crippen molar-refractivity contribution in [2.45, 2.75) is 19.3 Å². The van der Waals surface area contributed by atoms with E-state index in [-0.39, 0.29) is 17.5 Å². The molecule has 2 aromatic heterocycles. The number of hydrogen-bond donors (Lipinski definition) is 0. The van der Waals surface area contributed by atoms with E-state index in [2.05, 4.69) is 33.3 Å². The van der Waals surface area contributed by atoms with Crippen LogP contribution in [-0.4, -0.2) is 26.4 Å². The summed E-state index contributed by atoms with van der Waals surface area (Å²) >= 11 is 0. The smallest absolute Gasteiger partial charge is 0.203 e. The summed E-state index contributed by atoms with van der Waals surface area (Å²) in [7, 11) is 0. The molecule has 0 saturated heterocycles. The molecule has 5 rings (SSSR count). The zero-order chi connectivity index (χ0) is 24.9. The monoisotopic (exact) mass is 484 g/mol. The highest BCUT2D eigenvalue weighted by Gasteiger charge is 2.10. The van der Waals surface area contributed by atoms with Crippen molar-refractivity contribution in [3.8, 4) is 22.8 Å². The Labute approximate surface area is 206 Å². The van der Waals surface area contributed by atoms with Gasteiger partial charge in [0.25, 0.3) is 0 Å². The van der Waals surface area contributed by atoms with Gasteiger partial charge in [-0.1, -0.05) is 36.4 Å². The first-order valence-corrected chi connectivity index (χ1v) is 11.5. The fraction of sp³-hybridized carbons (Fsp3) is 0.143. The largest absolute Gasteiger partial charge is 0.486 e. The lowest BCUT2D eigenvalue weighted by Gasteiger charge is -2.10. The molecule has 2 heterocycles. The predicted molar refractivity (Wildman–Crippen MR) is 132 cm³/mol. The molecule has 4 aromatic rings. The Morgan fingerprint density at radius 1 is 0.972 bits per heavy atom. The highest BCUT2D eigenvalue weighted by Crippen LogP contribution is 2.20. The molecule has 1 aliphatic carbocycles. The fourth-order valence-corrected chi connectivity index (χ4v) is 3.84. The maximum Gasteiger partial charge on any atom is 0.203 e. The molecule has 0 saturated carbocycles. The Kier molecular flexibility index (Phi) is 6.75. The van der Waals surface area contributed by atoms with Crippen LogP contribution >= 0.6 is 0 Å². The van der Waals surface area contributed by atoms with Gasteiger partial charge in [0.1, 0.15) is 12.3 Å².